The predicted molar refractivity (Wildman–Crippen MR) is 87.2 cm³/mol. The maximum Gasteiger partial charge on any atom is 0.435 e. The number of rotatable bonds is 5. The third kappa shape index (κ3) is 4.66. The van der Waals surface area contributed by atoms with Crippen molar-refractivity contribution >= 4 is 22.4 Å². The first-order valence-electron chi connectivity index (χ1n) is 7.39. The molecule has 136 valence electrons. The van der Waals surface area contributed by atoms with Crippen LogP contribution in [0.5, 0.6) is 0 Å². The molecular weight excluding hydrogens is 372 g/mol. The summed E-state index contributed by atoms with van der Waals surface area (Å²) in [6, 6.07) is 6.94. The molecule has 0 aliphatic carbocycles. The fourth-order valence-corrected chi connectivity index (χ4v) is 3.06. The standard InChI is InChI=1S/C16H12F4N4OS/c17-11-3-1-2-10(6-11)7-12-8-21-15(26-12)22-14(25)9-24-5-4-13(23-24)16(18,19)20/h1-6,8H,7,9H2,(H,21,22,25). The van der Waals surface area contributed by atoms with Crippen LogP contribution in [0.2, 0.25) is 0 Å². The molecule has 0 atom stereocenters. The molecule has 0 unspecified atom stereocenters. The number of thiazole rings is 1. The molecule has 10 heteroatoms. The molecular formula is C16H12F4N4OS. The number of nitrogens with one attached hydrogen (secondary N) is 1. The highest BCUT2D eigenvalue weighted by Gasteiger charge is 2.33. The van der Waals surface area contributed by atoms with E-state index in [0.29, 0.717) is 11.6 Å². The van der Waals surface area contributed by atoms with Gasteiger partial charge in [0.25, 0.3) is 0 Å². The van der Waals surface area contributed by atoms with Crippen LogP contribution in [0.15, 0.2) is 42.7 Å². The molecule has 2 aromatic heterocycles. The Balaban J connectivity index is 1.58. The van der Waals surface area contributed by atoms with Crippen LogP contribution in [0, 0.1) is 5.82 Å². The van der Waals surface area contributed by atoms with Crippen molar-refractivity contribution < 1.29 is 22.4 Å². The Hall–Kier alpha value is -2.75. The number of hydrogen-bond donors (Lipinski definition) is 1. The lowest BCUT2D eigenvalue weighted by molar-refractivity contribution is -0.141. The average Bonchev–Trinajstić information content (AvgIpc) is 3.16. The van der Waals surface area contributed by atoms with Crippen LogP contribution in [0.25, 0.3) is 0 Å². The zero-order chi connectivity index (χ0) is 18.7. The Morgan fingerprint density at radius 1 is 1.27 bits per heavy atom. The van der Waals surface area contributed by atoms with Gasteiger partial charge in [-0.15, -0.1) is 11.3 Å². The van der Waals surface area contributed by atoms with Crippen LogP contribution in [0.3, 0.4) is 0 Å². The number of carbonyl (C=O) groups is 1. The van der Waals surface area contributed by atoms with Crippen molar-refractivity contribution in [1.29, 1.82) is 0 Å². The van der Waals surface area contributed by atoms with Crippen LogP contribution in [0.1, 0.15) is 16.1 Å². The molecule has 0 radical (unpaired) electrons. The van der Waals surface area contributed by atoms with E-state index in [-0.39, 0.29) is 12.4 Å². The molecule has 3 aromatic rings. The fourth-order valence-electron chi connectivity index (χ4n) is 2.20. The zero-order valence-electron chi connectivity index (χ0n) is 13.1. The van der Waals surface area contributed by atoms with E-state index >= 15 is 0 Å². The van der Waals surface area contributed by atoms with Gasteiger partial charge in [0.05, 0.1) is 0 Å². The first kappa shape index (κ1) is 18.1. The number of anilines is 1. The quantitative estimate of drug-likeness (QED) is 0.682. The van der Waals surface area contributed by atoms with Crippen LogP contribution in [-0.4, -0.2) is 20.7 Å². The molecule has 0 fully saturated rings. The van der Waals surface area contributed by atoms with Gasteiger partial charge < -0.3 is 5.32 Å². The lowest BCUT2D eigenvalue weighted by Crippen LogP contribution is -2.19. The topological polar surface area (TPSA) is 59.8 Å². The first-order chi connectivity index (χ1) is 12.3. The minimum Gasteiger partial charge on any atom is -0.300 e. The van der Waals surface area contributed by atoms with Gasteiger partial charge >= 0.3 is 6.18 Å². The van der Waals surface area contributed by atoms with Gasteiger partial charge in [-0.1, -0.05) is 12.1 Å². The van der Waals surface area contributed by atoms with Gasteiger partial charge in [0.1, 0.15) is 12.4 Å². The summed E-state index contributed by atoms with van der Waals surface area (Å²) in [5.74, 6) is -0.883. The predicted octanol–water partition coefficient (Wildman–Crippen LogP) is 3.73. The van der Waals surface area contributed by atoms with Crippen LogP contribution >= 0.6 is 11.3 Å². The van der Waals surface area contributed by atoms with Crippen LogP contribution in [0.4, 0.5) is 22.7 Å². The molecule has 0 aliphatic heterocycles. The second-order valence-corrected chi connectivity index (χ2v) is 6.50. The fraction of sp³-hybridized carbons (Fsp3) is 0.188. The number of amides is 1. The normalized spacial score (nSPS) is 11.5. The van der Waals surface area contributed by atoms with Gasteiger partial charge in [-0.25, -0.2) is 9.37 Å². The van der Waals surface area contributed by atoms with E-state index in [0.717, 1.165) is 27.4 Å². The Labute approximate surface area is 149 Å². The first-order valence-corrected chi connectivity index (χ1v) is 8.21. The molecule has 1 aromatic carbocycles. The SMILES string of the molecule is O=C(Cn1ccc(C(F)(F)F)n1)Nc1ncc(Cc2cccc(F)c2)s1. The third-order valence-electron chi connectivity index (χ3n) is 3.30. The number of carbonyl (C=O) groups excluding carboxylic acids is 1. The molecule has 1 N–H and O–H groups in total. The Morgan fingerprint density at radius 2 is 2.08 bits per heavy atom. The van der Waals surface area contributed by atoms with Crippen molar-refractivity contribution in [2.45, 2.75) is 19.1 Å². The molecule has 0 saturated heterocycles. The lowest BCUT2D eigenvalue weighted by atomic mass is 10.1. The van der Waals surface area contributed by atoms with Crippen molar-refractivity contribution in [3.05, 3.63) is 64.7 Å². The van der Waals surface area contributed by atoms with Crippen molar-refractivity contribution in [1.82, 2.24) is 14.8 Å². The molecule has 5 nitrogen and oxygen atoms in total. The minimum absolute atomic E-state index is 0.310. The van der Waals surface area contributed by atoms with E-state index in [1.807, 2.05) is 0 Å². The van der Waals surface area contributed by atoms with Crippen molar-refractivity contribution in [2.75, 3.05) is 5.32 Å². The van der Waals surface area contributed by atoms with Gasteiger partial charge in [-0.05, 0) is 23.8 Å². The van der Waals surface area contributed by atoms with Crippen LogP contribution < -0.4 is 5.32 Å². The van der Waals surface area contributed by atoms with Gasteiger partial charge in [0.2, 0.25) is 5.91 Å². The molecule has 2 heterocycles. The molecule has 0 aliphatic rings. The number of nitrogens with zero attached hydrogens (tertiary/aromatic N) is 3. The summed E-state index contributed by atoms with van der Waals surface area (Å²) >= 11 is 1.21. The smallest absolute Gasteiger partial charge is 0.300 e. The van der Waals surface area contributed by atoms with Crippen molar-refractivity contribution in [3.63, 3.8) is 0 Å². The van der Waals surface area contributed by atoms with Gasteiger partial charge in [-0.2, -0.15) is 18.3 Å². The number of aromatic nitrogens is 3. The van der Waals surface area contributed by atoms with E-state index in [1.165, 1.54) is 23.5 Å². The van der Waals surface area contributed by atoms with E-state index < -0.39 is 17.8 Å². The molecule has 0 bridgehead atoms. The monoisotopic (exact) mass is 384 g/mol. The molecule has 1 amide bonds. The van der Waals surface area contributed by atoms with Gasteiger partial charge in [-0.3, -0.25) is 9.48 Å². The van der Waals surface area contributed by atoms with E-state index in [4.69, 9.17) is 0 Å². The Morgan fingerprint density at radius 3 is 2.77 bits per heavy atom. The second kappa shape index (κ2) is 7.24. The molecule has 3 rings (SSSR count). The summed E-state index contributed by atoms with van der Waals surface area (Å²) in [7, 11) is 0. The summed E-state index contributed by atoms with van der Waals surface area (Å²) < 4.78 is 51.5. The zero-order valence-corrected chi connectivity index (χ0v) is 13.9. The van der Waals surface area contributed by atoms with Gasteiger partial charge in [0.15, 0.2) is 10.8 Å². The number of halogens is 4. The van der Waals surface area contributed by atoms with E-state index in [2.05, 4.69) is 15.4 Å². The van der Waals surface area contributed by atoms with Crippen LogP contribution in [-0.2, 0) is 23.9 Å². The average molecular weight is 384 g/mol. The third-order valence-corrected chi connectivity index (χ3v) is 4.22. The maximum absolute atomic E-state index is 13.2. The maximum atomic E-state index is 13.2. The number of benzene rings is 1. The second-order valence-electron chi connectivity index (χ2n) is 5.38. The van der Waals surface area contributed by atoms with E-state index in [9.17, 15) is 22.4 Å². The highest BCUT2D eigenvalue weighted by atomic mass is 32.1. The van der Waals surface area contributed by atoms with Crippen molar-refractivity contribution in [3.8, 4) is 0 Å². The van der Waals surface area contributed by atoms with E-state index in [1.54, 1.807) is 18.3 Å². The largest absolute Gasteiger partial charge is 0.435 e. The summed E-state index contributed by atoms with van der Waals surface area (Å²) in [6.07, 6.45) is -1.46. The highest BCUT2D eigenvalue weighted by molar-refractivity contribution is 7.15. The Bertz CT molecular complexity index is 919. The van der Waals surface area contributed by atoms with Crippen molar-refractivity contribution in [2.24, 2.45) is 0 Å². The summed E-state index contributed by atoms with van der Waals surface area (Å²) in [4.78, 5) is 16.8. The summed E-state index contributed by atoms with van der Waals surface area (Å²) in [5.41, 5.74) is -0.292. The molecule has 26 heavy (non-hydrogen) atoms. The lowest BCUT2D eigenvalue weighted by Gasteiger charge is -2.03. The molecule has 0 saturated carbocycles. The number of hydrogen-bond acceptors (Lipinski definition) is 4. The minimum atomic E-state index is -4.55. The van der Waals surface area contributed by atoms with Gasteiger partial charge in [0, 0.05) is 23.7 Å². The summed E-state index contributed by atoms with van der Waals surface area (Å²) in [6.45, 7) is -0.366. The number of alkyl halides is 3. The summed E-state index contributed by atoms with van der Waals surface area (Å²) in [5, 5.41) is 6.13. The molecule has 0 spiro atoms. The highest BCUT2D eigenvalue weighted by Crippen LogP contribution is 2.27. The Kier molecular flexibility index (Phi) is 5.03.